The summed E-state index contributed by atoms with van der Waals surface area (Å²) >= 11 is 0. The lowest BCUT2D eigenvalue weighted by Crippen LogP contribution is -2.44. The second-order valence-electron chi connectivity index (χ2n) is 5.95. The van der Waals surface area contributed by atoms with E-state index >= 15 is 0 Å². The van der Waals surface area contributed by atoms with Gasteiger partial charge in [-0.3, -0.25) is 4.79 Å². The fourth-order valence-electron chi connectivity index (χ4n) is 2.97. The van der Waals surface area contributed by atoms with Gasteiger partial charge in [-0.25, -0.2) is 0 Å². The highest BCUT2D eigenvalue weighted by Crippen LogP contribution is 2.19. The summed E-state index contributed by atoms with van der Waals surface area (Å²) in [5.41, 5.74) is 0. The van der Waals surface area contributed by atoms with Gasteiger partial charge >= 0.3 is 5.97 Å². The molecule has 4 heteroatoms. The molecule has 0 bridgehead atoms. The van der Waals surface area contributed by atoms with Crippen LogP contribution >= 0.6 is 0 Å². The predicted molar refractivity (Wildman–Crippen MR) is 78.4 cm³/mol. The molecule has 1 aliphatic rings. The Morgan fingerprint density at radius 3 is 2.68 bits per heavy atom. The molecule has 0 aromatic heterocycles. The third-order valence-corrected chi connectivity index (χ3v) is 4.01. The van der Waals surface area contributed by atoms with Crippen LogP contribution in [0.4, 0.5) is 0 Å². The van der Waals surface area contributed by atoms with Crippen molar-refractivity contribution in [3.8, 4) is 0 Å². The lowest BCUT2D eigenvalue weighted by Gasteiger charge is -2.30. The average Bonchev–Trinajstić information content (AvgIpc) is 2.58. The van der Waals surface area contributed by atoms with E-state index in [1.54, 1.807) is 0 Å². The van der Waals surface area contributed by atoms with Crippen LogP contribution < -0.4 is 5.32 Å². The summed E-state index contributed by atoms with van der Waals surface area (Å²) in [6.07, 6.45) is 7.04. The van der Waals surface area contributed by atoms with E-state index in [9.17, 15) is 9.90 Å². The Kier molecular flexibility index (Phi) is 7.39. The fraction of sp³-hybridized carbons (Fsp3) is 0.933. The van der Waals surface area contributed by atoms with Crippen LogP contribution in [0.2, 0.25) is 0 Å². The maximum Gasteiger partial charge on any atom is 0.320 e. The third-order valence-electron chi connectivity index (χ3n) is 4.01. The van der Waals surface area contributed by atoms with Crippen LogP contribution in [0.5, 0.6) is 0 Å². The second-order valence-corrected chi connectivity index (χ2v) is 5.95. The highest BCUT2D eigenvalue weighted by atomic mass is 16.4. The lowest BCUT2D eigenvalue weighted by molar-refractivity contribution is -0.140. The molecule has 0 spiro atoms. The van der Waals surface area contributed by atoms with Crippen molar-refractivity contribution in [3.05, 3.63) is 0 Å². The lowest BCUT2D eigenvalue weighted by atomic mass is 10.1. The van der Waals surface area contributed by atoms with Crippen molar-refractivity contribution in [2.75, 3.05) is 13.1 Å². The Balaban J connectivity index is 2.48. The molecule has 2 N–H and O–H groups in total. The molecule has 2 atom stereocenters. The first-order valence-electron chi connectivity index (χ1n) is 7.77. The zero-order chi connectivity index (χ0) is 14.3. The average molecular weight is 270 g/mol. The van der Waals surface area contributed by atoms with Gasteiger partial charge in [0.05, 0.1) is 0 Å². The highest BCUT2D eigenvalue weighted by molar-refractivity contribution is 5.73. The van der Waals surface area contributed by atoms with Crippen molar-refractivity contribution < 1.29 is 9.90 Å². The van der Waals surface area contributed by atoms with E-state index in [2.05, 4.69) is 17.1 Å². The van der Waals surface area contributed by atoms with E-state index in [-0.39, 0.29) is 6.04 Å². The molecule has 2 unspecified atom stereocenters. The third kappa shape index (κ3) is 5.91. The van der Waals surface area contributed by atoms with Gasteiger partial charge in [0.2, 0.25) is 0 Å². The van der Waals surface area contributed by atoms with Crippen LogP contribution in [0.1, 0.15) is 59.3 Å². The van der Waals surface area contributed by atoms with Gasteiger partial charge in [0, 0.05) is 18.6 Å². The zero-order valence-corrected chi connectivity index (χ0v) is 12.7. The quantitative estimate of drug-likeness (QED) is 0.746. The standard InChI is InChI=1S/C15H30N2O2/c1-4-13-8-6-5-7-10-17(13)11-9-14(15(18)19)16-12(2)3/h12-14,16H,4-11H2,1-3H3,(H,18,19). The number of carboxylic acid groups (broad SMARTS) is 1. The van der Waals surface area contributed by atoms with Crippen LogP contribution in [0.25, 0.3) is 0 Å². The van der Waals surface area contributed by atoms with Gasteiger partial charge in [0.1, 0.15) is 6.04 Å². The molecule has 1 aliphatic heterocycles. The first kappa shape index (κ1) is 16.4. The molecule has 0 aliphatic carbocycles. The molecule has 0 radical (unpaired) electrons. The van der Waals surface area contributed by atoms with Crippen LogP contribution in [0.3, 0.4) is 0 Å². The van der Waals surface area contributed by atoms with E-state index in [1.165, 1.54) is 32.1 Å². The van der Waals surface area contributed by atoms with Gasteiger partial charge in [-0.1, -0.05) is 33.6 Å². The minimum Gasteiger partial charge on any atom is -0.480 e. The molecule has 1 fully saturated rings. The number of carbonyl (C=O) groups is 1. The topological polar surface area (TPSA) is 52.6 Å². The number of nitrogens with zero attached hydrogens (tertiary/aromatic N) is 1. The Bertz CT molecular complexity index is 269. The first-order valence-corrected chi connectivity index (χ1v) is 7.77. The van der Waals surface area contributed by atoms with Crippen LogP contribution in [0.15, 0.2) is 0 Å². The van der Waals surface area contributed by atoms with E-state index in [1.807, 2.05) is 13.8 Å². The number of aliphatic carboxylic acids is 1. The van der Waals surface area contributed by atoms with Gasteiger partial charge in [0.15, 0.2) is 0 Å². The number of likely N-dealkylation sites (tertiary alicyclic amines) is 1. The van der Waals surface area contributed by atoms with Crippen molar-refractivity contribution in [2.24, 2.45) is 0 Å². The Labute approximate surface area is 117 Å². The minimum atomic E-state index is -0.725. The summed E-state index contributed by atoms with van der Waals surface area (Å²) in [5.74, 6) is -0.725. The molecule has 0 amide bonds. The molecule has 112 valence electrons. The summed E-state index contributed by atoms with van der Waals surface area (Å²) in [6, 6.07) is 0.448. The van der Waals surface area contributed by atoms with Gasteiger partial charge in [-0.2, -0.15) is 0 Å². The summed E-state index contributed by atoms with van der Waals surface area (Å²) in [7, 11) is 0. The van der Waals surface area contributed by atoms with E-state index < -0.39 is 12.0 Å². The smallest absolute Gasteiger partial charge is 0.320 e. The molecule has 4 nitrogen and oxygen atoms in total. The molecule has 1 rings (SSSR count). The van der Waals surface area contributed by atoms with Gasteiger partial charge < -0.3 is 15.3 Å². The number of hydrogen-bond donors (Lipinski definition) is 2. The summed E-state index contributed by atoms with van der Waals surface area (Å²) in [4.78, 5) is 13.8. The molecule has 0 aromatic rings. The number of rotatable bonds is 7. The number of nitrogens with one attached hydrogen (secondary N) is 1. The van der Waals surface area contributed by atoms with E-state index in [0.29, 0.717) is 12.5 Å². The van der Waals surface area contributed by atoms with Crippen molar-refractivity contribution in [1.82, 2.24) is 10.2 Å². The zero-order valence-electron chi connectivity index (χ0n) is 12.7. The van der Waals surface area contributed by atoms with Crippen LogP contribution in [0, 0.1) is 0 Å². The number of carboxylic acids is 1. The Hall–Kier alpha value is -0.610. The van der Waals surface area contributed by atoms with E-state index in [0.717, 1.165) is 13.1 Å². The minimum absolute atomic E-state index is 0.215. The first-order chi connectivity index (χ1) is 9.04. The summed E-state index contributed by atoms with van der Waals surface area (Å²) in [5, 5.41) is 12.4. The molecule has 0 saturated carbocycles. The van der Waals surface area contributed by atoms with Crippen molar-refractivity contribution in [1.29, 1.82) is 0 Å². The van der Waals surface area contributed by atoms with Crippen LogP contribution in [-0.4, -0.2) is 47.2 Å². The highest BCUT2D eigenvalue weighted by Gasteiger charge is 2.23. The van der Waals surface area contributed by atoms with Crippen molar-refractivity contribution in [2.45, 2.75) is 77.4 Å². The van der Waals surface area contributed by atoms with Gasteiger partial charge in [-0.05, 0) is 32.2 Å². The Morgan fingerprint density at radius 2 is 2.11 bits per heavy atom. The van der Waals surface area contributed by atoms with Crippen molar-refractivity contribution >= 4 is 5.97 Å². The van der Waals surface area contributed by atoms with E-state index in [4.69, 9.17) is 0 Å². The summed E-state index contributed by atoms with van der Waals surface area (Å²) in [6.45, 7) is 8.26. The second kappa shape index (κ2) is 8.54. The van der Waals surface area contributed by atoms with Crippen molar-refractivity contribution in [3.63, 3.8) is 0 Å². The predicted octanol–water partition coefficient (Wildman–Crippen LogP) is 2.48. The monoisotopic (exact) mass is 270 g/mol. The molecular weight excluding hydrogens is 240 g/mol. The largest absolute Gasteiger partial charge is 0.480 e. The summed E-state index contributed by atoms with van der Waals surface area (Å²) < 4.78 is 0. The van der Waals surface area contributed by atoms with Crippen LogP contribution in [-0.2, 0) is 4.79 Å². The maximum atomic E-state index is 11.2. The molecule has 1 heterocycles. The normalized spacial score (nSPS) is 23.3. The van der Waals surface area contributed by atoms with Gasteiger partial charge in [-0.15, -0.1) is 0 Å². The molecule has 19 heavy (non-hydrogen) atoms. The molecular formula is C15H30N2O2. The maximum absolute atomic E-state index is 11.2. The van der Waals surface area contributed by atoms with Gasteiger partial charge in [0.25, 0.3) is 0 Å². The Morgan fingerprint density at radius 1 is 1.37 bits per heavy atom. The molecule has 0 aromatic carbocycles. The SMILES string of the molecule is CCC1CCCCCN1CCC(NC(C)C)C(=O)O. The fourth-order valence-corrected chi connectivity index (χ4v) is 2.97. The number of hydrogen-bond acceptors (Lipinski definition) is 3. The molecule has 1 saturated heterocycles.